The van der Waals surface area contributed by atoms with Crippen LogP contribution in [0.25, 0.3) is 0 Å². The van der Waals surface area contributed by atoms with E-state index < -0.39 is 5.60 Å². The molecule has 1 aromatic rings. The van der Waals surface area contributed by atoms with E-state index >= 15 is 0 Å². The van der Waals surface area contributed by atoms with Crippen molar-refractivity contribution in [2.24, 2.45) is 0 Å². The van der Waals surface area contributed by atoms with Crippen molar-refractivity contribution in [3.63, 3.8) is 0 Å². The number of para-hydroxylation sites is 1. The molecular formula is C15H23NO3. The summed E-state index contributed by atoms with van der Waals surface area (Å²) in [6.45, 7) is 6.61. The summed E-state index contributed by atoms with van der Waals surface area (Å²) < 4.78 is 11.0. The van der Waals surface area contributed by atoms with Gasteiger partial charge in [-0.15, -0.1) is 0 Å². The van der Waals surface area contributed by atoms with Crippen LogP contribution in [0.2, 0.25) is 0 Å². The minimum atomic E-state index is -0.926. The molecule has 1 heterocycles. The average Bonchev–Trinajstić information content (AvgIpc) is 2.40. The zero-order chi connectivity index (χ0) is 13.7. The van der Waals surface area contributed by atoms with Crippen molar-refractivity contribution in [1.82, 2.24) is 5.32 Å². The number of aliphatic hydroxyl groups is 1. The SMILES string of the molecule is CCOc1ccccc1C(C)(O)CC1COCCN1. The second-order valence-corrected chi connectivity index (χ2v) is 5.13. The third-order valence-corrected chi connectivity index (χ3v) is 3.41. The standard InChI is InChI=1S/C15H23NO3/c1-3-19-14-7-5-4-6-13(14)15(2,17)10-12-11-18-9-8-16-12/h4-7,12,16-17H,3,8-11H2,1-2H3. The van der Waals surface area contributed by atoms with Gasteiger partial charge in [0.15, 0.2) is 0 Å². The lowest BCUT2D eigenvalue weighted by Gasteiger charge is -2.32. The summed E-state index contributed by atoms with van der Waals surface area (Å²) in [5.41, 5.74) is -0.0892. The van der Waals surface area contributed by atoms with E-state index in [0.29, 0.717) is 19.6 Å². The Labute approximate surface area is 114 Å². The summed E-state index contributed by atoms with van der Waals surface area (Å²) in [7, 11) is 0. The molecule has 2 rings (SSSR count). The van der Waals surface area contributed by atoms with Crippen LogP contribution in [0.5, 0.6) is 5.75 Å². The Balaban J connectivity index is 2.13. The molecule has 2 N–H and O–H groups in total. The van der Waals surface area contributed by atoms with Crippen LogP contribution in [0.3, 0.4) is 0 Å². The Morgan fingerprint density at radius 1 is 1.47 bits per heavy atom. The minimum Gasteiger partial charge on any atom is -0.493 e. The van der Waals surface area contributed by atoms with Crippen molar-refractivity contribution in [1.29, 1.82) is 0 Å². The number of nitrogens with one attached hydrogen (secondary N) is 1. The molecule has 0 amide bonds. The highest BCUT2D eigenvalue weighted by atomic mass is 16.5. The van der Waals surface area contributed by atoms with E-state index in [0.717, 1.165) is 24.5 Å². The highest BCUT2D eigenvalue weighted by molar-refractivity contribution is 5.37. The molecule has 1 saturated heterocycles. The van der Waals surface area contributed by atoms with Gasteiger partial charge in [-0.05, 0) is 26.3 Å². The molecule has 2 unspecified atom stereocenters. The highest BCUT2D eigenvalue weighted by Crippen LogP contribution is 2.33. The van der Waals surface area contributed by atoms with E-state index in [-0.39, 0.29) is 6.04 Å². The molecule has 106 valence electrons. The van der Waals surface area contributed by atoms with Crippen molar-refractivity contribution in [2.75, 3.05) is 26.4 Å². The molecule has 1 fully saturated rings. The number of hydrogen-bond acceptors (Lipinski definition) is 4. The lowest BCUT2D eigenvalue weighted by Crippen LogP contribution is -2.45. The van der Waals surface area contributed by atoms with Gasteiger partial charge in [-0.3, -0.25) is 0 Å². The van der Waals surface area contributed by atoms with Gasteiger partial charge in [-0.1, -0.05) is 18.2 Å². The number of benzene rings is 1. The number of rotatable bonds is 5. The van der Waals surface area contributed by atoms with Gasteiger partial charge in [-0.25, -0.2) is 0 Å². The monoisotopic (exact) mass is 265 g/mol. The van der Waals surface area contributed by atoms with Gasteiger partial charge in [0.1, 0.15) is 5.75 Å². The van der Waals surface area contributed by atoms with Gasteiger partial charge in [0.05, 0.1) is 25.4 Å². The second kappa shape index (κ2) is 6.37. The summed E-state index contributed by atoms with van der Waals surface area (Å²) in [6, 6.07) is 7.86. The summed E-state index contributed by atoms with van der Waals surface area (Å²) in [6.07, 6.45) is 0.608. The molecule has 0 bridgehead atoms. The quantitative estimate of drug-likeness (QED) is 0.850. The first-order chi connectivity index (χ1) is 9.13. The van der Waals surface area contributed by atoms with Crippen LogP contribution in [-0.4, -0.2) is 37.5 Å². The topological polar surface area (TPSA) is 50.7 Å². The summed E-state index contributed by atoms with van der Waals surface area (Å²) in [4.78, 5) is 0. The van der Waals surface area contributed by atoms with Crippen molar-refractivity contribution >= 4 is 0 Å². The van der Waals surface area contributed by atoms with Crippen LogP contribution in [0.15, 0.2) is 24.3 Å². The molecule has 2 atom stereocenters. The van der Waals surface area contributed by atoms with E-state index in [1.165, 1.54) is 0 Å². The summed E-state index contributed by atoms with van der Waals surface area (Å²) in [5, 5.41) is 14.1. The fraction of sp³-hybridized carbons (Fsp3) is 0.600. The van der Waals surface area contributed by atoms with Crippen LogP contribution >= 0.6 is 0 Å². The van der Waals surface area contributed by atoms with E-state index in [9.17, 15) is 5.11 Å². The van der Waals surface area contributed by atoms with Crippen molar-refractivity contribution in [3.05, 3.63) is 29.8 Å². The van der Waals surface area contributed by atoms with Gasteiger partial charge in [0.2, 0.25) is 0 Å². The number of hydrogen-bond donors (Lipinski definition) is 2. The Bertz CT molecular complexity index is 400. The minimum absolute atomic E-state index is 0.179. The maximum absolute atomic E-state index is 10.8. The van der Waals surface area contributed by atoms with Crippen LogP contribution in [0.1, 0.15) is 25.8 Å². The Hall–Kier alpha value is -1.10. The van der Waals surface area contributed by atoms with Gasteiger partial charge in [0, 0.05) is 18.2 Å². The molecule has 1 aliphatic rings. The third-order valence-electron chi connectivity index (χ3n) is 3.41. The maximum atomic E-state index is 10.8. The van der Waals surface area contributed by atoms with E-state index in [4.69, 9.17) is 9.47 Å². The molecule has 1 aromatic carbocycles. The second-order valence-electron chi connectivity index (χ2n) is 5.13. The first kappa shape index (κ1) is 14.3. The smallest absolute Gasteiger partial charge is 0.125 e. The van der Waals surface area contributed by atoms with Gasteiger partial charge < -0.3 is 19.9 Å². The summed E-state index contributed by atoms with van der Waals surface area (Å²) >= 11 is 0. The van der Waals surface area contributed by atoms with Crippen LogP contribution < -0.4 is 10.1 Å². The van der Waals surface area contributed by atoms with Gasteiger partial charge in [0.25, 0.3) is 0 Å². The molecule has 0 aliphatic carbocycles. The lowest BCUT2D eigenvalue weighted by atomic mass is 9.88. The Morgan fingerprint density at radius 3 is 2.95 bits per heavy atom. The molecule has 1 aliphatic heterocycles. The molecule has 0 saturated carbocycles. The molecule has 0 radical (unpaired) electrons. The fourth-order valence-corrected chi connectivity index (χ4v) is 2.53. The molecular weight excluding hydrogens is 242 g/mol. The molecule has 19 heavy (non-hydrogen) atoms. The average molecular weight is 265 g/mol. The predicted molar refractivity (Wildman–Crippen MR) is 74.4 cm³/mol. The highest BCUT2D eigenvalue weighted by Gasteiger charge is 2.31. The normalized spacial score (nSPS) is 22.8. The Kier molecular flexibility index (Phi) is 4.80. The Morgan fingerprint density at radius 2 is 2.26 bits per heavy atom. The zero-order valence-corrected chi connectivity index (χ0v) is 11.7. The van der Waals surface area contributed by atoms with Crippen molar-refractivity contribution in [3.8, 4) is 5.75 Å². The molecule has 0 spiro atoms. The van der Waals surface area contributed by atoms with Gasteiger partial charge in [-0.2, -0.15) is 0 Å². The lowest BCUT2D eigenvalue weighted by molar-refractivity contribution is 0.00165. The van der Waals surface area contributed by atoms with E-state index in [1.54, 1.807) is 0 Å². The first-order valence-electron chi connectivity index (χ1n) is 6.89. The predicted octanol–water partition coefficient (Wildman–Crippen LogP) is 1.67. The molecule has 0 aromatic heterocycles. The van der Waals surface area contributed by atoms with Gasteiger partial charge >= 0.3 is 0 Å². The van der Waals surface area contributed by atoms with Crippen LogP contribution in [0.4, 0.5) is 0 Å². The van der Waals surface area contributed by atoms with E-state index in [2.05, 4.69) is 5.32 Å². The first-order valence-corrected chi connectivity index (χ1v) is 6.89. The van der Waals surface area contributed by atoms with Crippen LogP contribution in [-0.2, 0) is 10.3 Å². The van der Waals surface area contributed by atoms with Crippen molar-refractivity contribution < 1.29 is 14.6 Å². The van der Waals surface area contributed by atoms with Crippen molar-refractivity contribution in [2.45, 2.75) is 31.9 Å². The summed E-state index contributed by atoms with van der Waals surface area (Å²) in [5.74, 6) is 0.756. The largest absolute Gasteiger partial charge is 0.493 e. The molecule has 4 heteroatoms. The fourth-order valence-electron chi connectivity index (χ4n) is 2.53. The third kappa shape index (κ3) is 3.69. The van der Waals surface area contributed by atoms with E-state index in [1.807, 2.05) is 38.1 Å². The number of ether oxygens (including phenoxy) is 2. The molecule has 4 nitrogen and oxygen atoms in total. The number of morpholine rings is 1. The zero-order valence-electron chi connectivity index (χ0n) is 11.7. The van der Waals surface area contributed by atoms with Crippen LogP contribution in [0, 0.1) is 0 Å². The maximum Gasteiger partial charge on any atom is 0.125 e.